The Labute approximate surface area is 83.5 Å². The molecule has 1 amide bonds. The van der Waals surface area contributed by atoms with Gasteiger partial charge in [-0.3, -0.25) is 4.79 Å². The van der Waals surface area contributed by atoms with Crippen molar-refractivity contribution in [2.45, 2.75) is 38.1 Å². The van der Waals surface area contributed by atoms with Gasteiger partial charge in [0, 0.05) is 12.0 Å². The Hall–Kier alpha value is -1.25. The third kappa shape index (κ3) is 1.08. The van der Waals surface area contributed by atoms with Gasteiger partial charge in [0.05, 0.1) is 11.7 Å². The maximum Gasteiger partial charge on any atom is 0.221 e. The fraction of sp³-hybridized carbons (Fsp3) is 0.545. The normalized spacial score (nSPS) is 30.4. The molecule has 0 aliphatic carbocycles. The molecule has 0 spiro atoms. The number of carbonyl (C=O) groups excluding carboxylic acids is 1. The summed E-state index contributed by atoms with van der Waals surface area (Å²) >= 11 is 0. The van der Waals surface area contributed by atoms with Gasteiger partial charge in [0.2, 0.25) is 5.91 Å². The van der Waals surface area contributed by atoms with Crippen LogP contribution in [0.5, 0.6) is 0 Å². The van der Waals surface area contributed by atoms with E-state index in [4.69, 9.17) is 4.42 Å². The minimum atomic E-state index is -0.248. The molecule has 1 saturated heterocycles. The summed E-state index contributed by atoms with van der Waals surface area (Å²) in [6.07, 6.45) is 2.15. The van der Waals surface area contributed by atoms with E-state index in [0.29, 0.717) is 6.42 Å². The molecule has 3 nitrogen and oxygen atoms in total. The number of hydrogen-bond acceptors (Lipinski definition) is 2. The first-order chi connectivity index (χ1) is 6.46. The summed E-state index contributed by atoms with van der Waals surface area (Å²) in [4.78, 5) is 11.4. The van der Waals surface area contributed by atoms with Crippen molar-refractivity contribution in [3.05, 3.63) is 24.2 Å². The first kappa shape index (κ1) is 9.31. The molecule has 1 aromatic heterocycles. The SMILES string of the molecule is CC1(C)NC(=O)CC1(C)c1ccco1. The van der Waals surface area contributed by atoms with Crippen molar-refractivity contribution in [3.8, 4) is 0 Å². The van der Waals surface area contributed by atoms with E-state index in [1.165, 1.54) is 0 Å². The summed E-state index contributed by atoms with van der Waals surface area (Å²) in [6.45, 7) is 6.12. The topological polar surface area (TPSA) is 42.2 Å². The molecule has 3 heteroatoms. The Morgan fingerprint density at radius 1 is 1.43 bits per heavy atom. The number of rotatable bonds is 1. The second-order valence-electron chi connectivity index (χ2n) is 4.66. The van der Waals surface area contributed by atoms with Gasteiger partial charge in [0.15, 0.2) is 0 Å². The predicted molar refractivity (Wildman–Crippen MR) is 52.9 cm³/mol. The Kier molecular flexibility index (Phi) is 1.74. The van der Waals surface area contributed by atoms with Crippen molar-refractivity contribution in [1.82, 2.24) is 5.32 Å². The van der Waals surface area contributed by atoms with Crippen molar-refractivity contribution >= 4 is 5.91 Å². The van der Waals surface area contributed by atoms with E-state index in [1.54, 1.807) is 6.26 Å². The zero-order valence-corrected chi connectivity index (χ0v) is 8.76. The molecule has 2 heterocycles. The lowest BCUT2D eigenvalue weighted by atomic mass is 9.72. The molecular formula is C11H15NO2. The molecular weight excluding hydrogens is 178 g/mol. The molecule has 1 unspecified atom stereocenters. The van der Waals surface area contributed by atoms with Crippen LogP contribution in [-0.4, -0.2) is 11.4 Å². The highest BCUT2D eigenvalue weighted by molar-refractivity contribution is 5.82. The van der Waals surface area contributed by atoms with E-state index < -0.39 is 0 Å². The highest BCUT2D eigenvalue weighted by Crippen LogP contribution is 2.42. The van der Waals surface area contributed by atoms with Crippen molar-refractivity contribution in [2.75, 3.05) is 0 Å². The minimum Gasteiger partial charge on any atom is -0.469 e. The predicted octanol–water partition coefficient (Wildman–Crippen LogP) is 1.84. The quantitative estimate of drug-likeness (QED) is 0.739. The van der Waals surface area contributed by atoms with Crippen LogP contribution in [0.3, 0.4) is 0 Å². The molecule has 0 aromatic carbocycles. The van der Waals surface area contributed by atoms with E-state index in [1.807, 2.05) is 26.0 Å². The second-order valence-corrected chi connectivity index (χ2v) is 4.66. The summed E-state index contributed by atoms with van der Waals surface area (Å²) in [6, 6.07) is 3.79. The van der Waals surface area contributed by atoms with E-state index in [0.717, 1.165) is 5.76 Å². The first-order valence-corrected chi connectivity index (χ1v) is 4.81. The van der Waals surface area contributed by atoms with Gasteiger partial charge in [-0.2, -0.15) is 0 Å². The average molecular weight is 193 g/mol. The highest BCUT2D eigenvalue weighted by atomic mass is 16.3. The van der Waals surface area contributed by atoms with Crippen LogP contribution >= 0.6 is 0 Å². The molecule has 0 radical (unpaired) electrons. The van der Waals surface area contributed by atoms with E-state index in [-0.39, 0.29) is 16.9 Å². The molecule has 1 fully saturated rings. The smallest absolute Gasteiger partial charge is 0.221 e. The second kappa shape index (κ2) is 2.62. The average Bonchev–Trinajstić information content (AvgIpc) is 2.58. The fourth-order valence-electron chi connectivity index (χ4n) is 2.06. The molecule has 0 saturated carbocycles. The third-order valence-electron chi connectivity index (χ3n) is 3.41. The maximum atomic E-state index is 11.4. The fourth-order valence-corrected chi connectivity index (χ4v) is 2.06. The number of hydrogen-bond donors (Lipinski definition) is 1. The minimum absolute atomic E-state index is 0.0916. The first-order valence-electron chi connectivity index (χ1n) is 4.81. The van der Waals surface area contributed by atoms with Gasteiger partial charge in [-0.25, -0.2) is 0 Å². The number of nitrogens with one attached hydrogen (secondary N) is 1. The lowest BCUT2D eigenvalue weighted by molar-refractivity contribution is -0.119. The summed E-state index contributed by atoms with van der Waals surface area (Å²) in [5, 5.41) is 2.97. The number of carbonyl (C=O) groups is 1. The largest absolute Gasteiger partial charge is 0.469 e. The lowest BCUT2D eigenvalue weighted by Gasteiger charge is -2.35. The summed E-state index contributed by atoms with van der Waals surface area (Å²) in [5.74, 6) is 0.967. The van der Waals surface area contributed by atoms with Gasteiger partial charge in [0.1, 0.15) is 5.76 Å². The molecule has 14 heavy (non-hydrogen) atoms. The Morgan fingerprint density at radius 3 is 2.57 bits per heavy atom. The Bertz CT molecular complexity index is 353. The van der Waals surface area contributed by atoms with Crippen LogP contribution in [0.4, 0.5) is 0 Å². The van der Waals surface area contributed by atoms with Gasteiger partial charge >= 0.3 is 0 Å². The van der Waals surface area contributed by atoms with Crippen LogP contribution in [-0.2, 0) is 10.2 Å². The van der Waals surface area contributed by atoms with Crippen LogP contribution in [0, 0.1) is 0 Å². The van der Waals surface area contributed by atoms with Crippen molar-refractivity contribution < 1.29 is 9.21 Å². The van der Waals surface area contributed by atoms with Crippen LogP contribution in [0.15, 0.2) is 22.8 Å². The van der Waals surface area contributed by atoms with E-state index >= 15 is 0 Å². The summed E-state index contributed by atoms with van der Waals surface area (Å²) in [5.41, 5.74) is -0.491. The standard InChI is InChI=1S/C11H15NO2/c1-10(2)11(3,7-9(13)12-10)8-5-4-6-14-8/h4-6H,7H2,1-3H3,(H,12,13). The summed E-state index contributed by atoms with van der Waals surface area (Å²) < 4.78 is 5.41. The molecule has 1 atom stereocenters. The van der Waals surface area contributed by atoms with Gasteiger partial charge < -0.3 is 9.73 Å². The van der Waals surface area contributed by atoms with Gasteiger partial charge in [-0.15, -0.1) is 0 Å². The monoisotopic (exact) mass is 193 g/mol. The van der Waals surface area contributed by atoms with Gasteiger partial charge in [-0.1, -0.05) is 0 Å². The molecule has 1 aromatic rings. The molecule has 2 rings (SSSR count). The van der Waals surface area contributed by atoms with E-state index in [9.17, 15) is 4.79 Å². The van der Waals surface area contributed by atoms with Gasteiger partial charge in [-0.05, 0) is 32.9 Å². The zero-order valence-electron chi connectivity index (χ0n) is 8.76. The van der Waals surface area contributed by atoms with Crippen LogP contribution < -0.4 is 5.32 Å². The Morgan fingerprint density at radius 2 is 2.14 bits per heavy atom. The molecule has 1 aliphatic rings. The molecule has 1 aliphatic heterocycles. The number of furan rings is 1. The van der Waals surface area contributed by atoms with Crippen molar-refractivity contribution in [3.63, 3.8) is 0 Å². The van der Waals surface area contributed by atoms with E-state index in [2.05, 4.69) is 12.2 Å². The van der Waals surface area contributed by atoms with Crippen LogP contribution in [0.25, 0.3) is 0 Å². The van der Waals surface area contributed by atoms with Crippen LogP contribution in [0.2, 0.25) is 0 Å². The highest BCUT2D eigenvalue weighted by Gasteiger charge is 2.52. The van der Waals surface area contributed by atoms with Gasteiger partial charge in [0.25, 0.3) is 0 Å². The lowest BCUT2D eigenvalue weighted by Crippen LogP contribution is -2.47. The maximum absolute atomic E-state index is 11.4. The van der Waals surface area contributed by atoms with Crippen molar-refractivity contribution in [2.24, 2.45) is 0 Å². The molecule has 76 valence electrons. The van der Waals surface area contributed by atoms with Crippen molar-refractivity contribution in [1.29, 1.82) is 0 Å². The number of amides is 1. The Balaban J connectivity index is 2.45. The molecule has 1 N–H and O–H groups in total. The van der Waals surface area contributed by atoms with Crippen LogP contribution in [0.1, 0.15) is 33.0 Å². The zero-order chi connectivity index (χ0) is 10.4. The third-order valence-corrected chi connectivity index (χ3v) is 3.41. The summed E-state index contributed by atoms with van der Waals surface area (Å²) in [7, 11) is 0. The molecule has 0 bridgehead atoms.